The van der Waals surface area contributed by atoms with Gasteiger partial charge in [0.05, 0.1) is 11.1 Å². The fourth-order valence-corrected chi connectivity index (χ4v) is 1.80. The van der Waals surface area contributed by atoms with E-state index in [1.807, 2.05) is 6.92 Å². The molecule has 2 heterocycles. The summed E-state index contributed by atoms with van der Waals surface area (Å²) in [4.78, 5) is 15.3. The first-order chi connectivity index (χ1) is 8.65. The SMILES string of the molecule is Cc1cc(-c2nc3c(C(=O)O)cccc3o2)co1. The van der Waals surface area contributed by atoms with Crippen molar-refractivity contribution in [2.45, 2.75) is 6.92 Å². The van der Waals surface area contributed by atoms with Crippen molar-refractivity contribution in [1.29, 1.82) is 0 Å². The molecule has 5 heteroatoms. The summed E-state index contributed by atoms with van der Waals surface area (Å²) >= 11 is 0. The van der Waals surface area contributed by atoms with Crippen LogP contribution in [0.25, 0.3) is 22.6 Å². The summed E-state index contributed by atoms with van der Waals surface area (Å²) in [6, 6.07) is 6.59. The Morgan fingerprint density at radius 2 is 2.22 bits per heavy atom. The zero-order chi connectivity index (χ0) is 12.7. The van der Waals surface area contributed by atoms with Gasteiger partial charge in [-0.1, -0.05) is 6.07 Å². The van der Waals surface area contributed by atoms with Gasteiger partial charge in [-0.25, -0.2) is 9.78 Å². The quantitative estimate of drug-likeness (QED) is 0.748. The van der Waals surface area contributed by atoms with Crippen LogP contribution < -0.4 is 0 Å². The maximum atomic E-state index is 11.1. The Morgan fingerprint density at radius 3 is 2.89 bits per heavy atom. The van der Waals surface area contributed by atoms with E-state index < -0.39 is 5.97 Å². The molecule has 3 rings (SSSR count). The first kappa shape index (κ1) is 10.6. The average Bonchev–Trinajstić information content (AvgIpc) is 2.93. The minimum absolute atomic E-state index is 0.128. The van der Waals surface area contributed by atoms with Gasteiger partial charge in [-0.15, -0.1) is 0 Å². The molecule has 0 unspecified atom stereocenters. The highest BCUT2D eigenvalue weighted by molar-refractivity contribution is 6.00. The number of carboxylic acids is 1. The number of furan rings is 1. The lowest BCUT2D eigenvalue weighted by Crippen LogP contribution is -1.96. The zero-order valence-corrected chi connectivity index (χ0v) is 9.51. The van der Waals surface area contributed by atoms with Crippen molar-refractivity contribution in [1.82, 2.24) is 4.98 Å². The molecule has 1 N–H and O–H groups in total. The molecule has 1 aromatic carbocycles. The topological polar surface area (TPSA) is 76.5 Å². The van der Waals surface area contributed by atoms with Crippen molar-refractivity contribution in [3.05, 3.63) is 41.9 Å². The van der Waals surface area contributed by atoms with Crippen LogP contribution in [0.2, 0.25) is 0 Å². The second-order valence-electron chi connectivity index (χ2n) is 3.92. The maximum absolute atomic E-state index is 11.1. The van der Waals surface area contributed by atoms with E-state index in [-0.39, 0.29) is 5.56 Å². The van der Waals surface area contributed by atoms with E-state index in [0.29, 0.717) is 22.6 Å². The van der Waals surface area contributed by atoms with Crippen LogP contribution in [0.1, 0.15) is 16.1 Å². The fourth-order valence-electron chi connectivity index (χ4n) is 1.80. The van der Waals surface area contributed by atoms with Gasteiger partial charge in [0.2, 0.25) is 5.89 Å². The summed E-state index contributed by atoms with van der Waals surface area (Å²) in [5, 5.41) is 9.07. The molecule has 0 saturated heterocycles. The van der Waals surface area contributed by atoms with Crippen LogP contribution >= 0.6 is 0 Å². The predicted molar refractivity (Wildman–Crippen MR) is 63.4 cm³/mol. The van der Waals surface area contributed by atoms with Gasteiger partial charge in [0, 0.05) is 0 Å². The Labute approximate surface area is 102 Å². The summed E-state index contributed by atoms with van der Waals surface area (Å²) < 4.78 is 10.7. The van der Waals surface area contributed by atoms with E-state index in [9.17, 15) is 4.79 Å². The van der Waals surface area contributed by atoms with Gasteiger partial charge < -0.3 is 13.9 Å². The van der Waals surface area contributed by atoms with Crippen molar-refractivity contribution >= 4 is 17.1 Å². The lowest BCUT2D eigenvalue weighted by atomic mass is 10.2. The number of carbonyl (C=O) groups is 1. The Balaban J connectivity index is 2.22. The van der Waals surface area contributed by atoms with Gasteiger partial charge in [0.15, 0.2) is 5.58 Å². The molecule has 5 nitrogen and oxygen atoms in total. The number of aromatic nitrogens is 1. The van der Waals surface area contributed by atoms with Crippen LogP contribution in [0.15, 0.2) is 39.4 Å². The number of rotatable bonds is 2. The largest absolute Gasteiger partial charge is 0.478 e. The van der Waals surface area contributed by atoms with Gasteiger partial charge in [0.25, 0.3) is 0 Å². The molecule has 0 aliphatic rings. The third-order valence-corrected chi connectivity index (χ3v) is 2.63. The summed E-state index contributed by atoms with van der Waals surface area (Å²) in [5.41, 5.74) is 1.62. The fraction of sp³-hybridized carbons (Fsp3) is 0.0769. The van der Waals surface area contributed by atoms with Gasteiger partial charge in [-0.2, -0.15) is 0 Å². The Hall–Kier alpha value is -2.56. The molecular formula is C13H9NO4. The number of fused-ring (bicyclic) bond motifs is 1. The summed E-state index contributed by atoms with van der Waals surface area (Å²) in [5.74, 6) is 0.0742. The number of benzene rings is 1. The van der Waals surface area contributed by atoms with Crippen LogP contribution in [0, 0.1) is 6.92 Å². The molecule has 0 bridgehead atoms. The van der Waals surface area contributed by atoms with Crippen LogP contribution in [0.3, 0.4) is 0 Å². The molecule has 18 heavy (non-hydrogen) atoms. The molecule has 0 radical (unpaired) electrons. The van der Waals surface area contributed by atoms with E-state index in [2.05, 4.69) is 4.98 Å². The molecule has 2 aromatic heterocycles. The summed E-state index contributed by atoms with van der Waals surface area (Å²) in [7, 11) is 0. The van der Waals surface area contributed by atoms with Gasteiger partial charge in [0.1, 0.15) is 17.5 Å². The second kappa shape index (κ2) is 3.73. The lowest BCUT2D eigenvalue weighted by Gasteiger charge is -1.92. The molecular weight excluding hydrogens is 234 g/mol. The highest BCUT2D eigenvalue weighted by Crippen LogP contribution is 2.27. The molecule has 0 fully saturated rings. The number of carboxylic acid groups (broad SMARTS) is 1. The van der Waals surface area contributed by atoms with Gasteiger partial charge >= 0.3 is 5.97 Å². The van der Waals surface area contributed by atoms with Crippen LogP contribution in [0.4, 0.5) is 0 Å². The van der Waals surface area contributed by atoms with Crippen LogP contribution in [-0.2, 0) is 0 Å². The highest BCUT2D eigenvalue weighted by atomic mass is 16.4. The smallest absolute Gasteiger partial charge is 0.338 e. The molecule has 0 aliphatic heterocycles. The van der Waals surface area contributed by atoms with E-state index in [1.165, 1.54) is 12.3 Å². The third-order valence-electron chi connectivity index (χ3n) is 2.63. The van der Waals surface area contributed by atoms with Crippen LogP contribution in [0.5, 0.6) is 0 Å². The van der Waals surface area contributed by atoms with Crippen molar-refractivity contribution < 1.29 is 18.7 Å². The first-order valence-corrected chi connectivity index (χ1v) is 5.33. The van der Waals surface area contributed by atoms with Gasteiger partial charge in [-0.05, 0) is 25.1 Å². The standard InChI is InChI=1S/C13H9NO4/c1-7-5-8(6-17-7)12-14-11-9(13(15)16)3-2-4-10(11)18-12/h2-6H,1H3,(H,15,16). The number of aryl methyl sites for hydroxylation is 1. The maximum Gasteiger partial charge on any atom is 0.338 e. The van der Waals surface area contributed by atoms with E-state index >= 15 is 0 Å². The number of oxazole rings is 1. The van der Waals surface area contributed by atoms with Crippen molar-refractivity contribution in [2.75, 3.05) is 0 Å². The molecule has 0 atom stereocenters. The normalized spacial score (nSPS) is 10.9. The second-order valence-corrected chi connectivity index (χ2v) is 3.92. The van der Waals surface area contributed by atoms with Crippen molar-refractivity contribution in [3.8, 4) is 11.5 Å². The van der Waals surface area contributed by atoms with Crippen molar-refractivity contribution in [2.24, 2.45) is 0 Å². The summed E-state index contributed by atoms with van der Waals surface area (Å²) in [6.07, 6.45) is 1.53. The molecule has 0 saturated carbocycles. The Morgan fingerprint density at radius 1 is 1.39 bits per heavy atom. The van der Waals surface area contributed by atoms with Crippen molar-refractivity contribution in [3.63, 3.8) is 0 Å². The van der Waals surface area contributed by atoms with E-state index in [1.54, 1.807) is 18.2 Å². The lowest BCUT2D eigenvalue weighted by molar-refractivity contribution is 0.0699. The van der Waals surface area contributed by atoms with E-state index in [0.717, 1.165) is 5.76 Å². The minimum Gasteiger partial charge on any atom is -0.478 e. The van der Waals surface area contributed by atoms with Crippen LogP contribution in [-0.4, -0.2) is 16.1 Å². The number of nitrogens with zero attached hydrogens (tertiary/aromatic N) is 1. The molecule has 0 aliphatic carbocycles. The van der Waals surface area contributed by atoms with Gasteiger partial charge in [-0.3, -0.25) is 0 Å². The zero-order valence-electron chi connectivity index (χ0n) is 9.51. The highest BCUT2D eigenvalue weighted by Gasteiger charge is 2.16. The third kappa shape index (κ3) is 1.57. The number of hydrogen-bond donors (Lipinski definition) is 1. The number of aromatic carboxylic acids is 1. The number of para-hydroxylation sites is 1. The number of hydrogen-bond acceptors (Lipinski definition) is 4. The summed E-state index contributed by atoms with van der Waals surface area (Å²) in [6.45, 7) is 1.81. The van der Waals surface area contributed by atoms with E-state index in [4.69, 9.17) is 13.9 Å². The first-order valence-electron chi connectivity index (χ1n) is 5.33. The minimum atomic E-state index is -1.02. The molecule has 3 aromatic rings. The molecule has 90 valence electrons. The monoisotopic (exact) mass is 243 g/mol. The average molecular weight is 243 g/mol. The predicted octanol–water partition coefficient (Wildman–Crippen LogP) is 3.09. The molecule has 0 spiro atoms. The Bertz CT molecular complexity index is 738. The Kier molecular flexibility index (Phi) is 2.19. The molecule has 0 amide bonds.